The fraction of sp³-hybridized carbons (Fsp3) is 0.167. The van der Waals surface area contributed by atoms with Crippen LogP contribution in [0.4, 0.5) is 0 Å². The van der Waals surface area contributed by atoms with Crippen LogP contribution in [0, 0.1) is 6.92 Å². The average Bonchev–Trinajstić information content (AvgIpc) is 2.29. The van der Waals surface area contributed by atoms with Gasteiger partial charge in [-0.05, 0) is 24.6 Å². The minimum absolute atomic E-state index is 0.260. The summed E-state index contributed by atoms with van der Waals surface area (Å²) in [5.41, 5.74) is 2.74. The van der Waals surface area contributed by atoms with Gasteiger partial charge in [0.15, 0.2) is 0 Å². The summed E-state index contributed by atoms with van der Waals surface area (Å²) >= 11 is 5.72. The van der Waals surface area contributed by atoms with Gasteiger partial charge in [-0.3, -0.25) is 0 Å². The van der Waals surface area contributed by atoms with Gasteiger partial charge in [-0.2, -0.15) is 0 Å². The molecule has 4 heteroatoms. The third-order valence-electron chi connectivity index (χ3n) is 2.35. The fourth-order valence-corrected chi connectivity index (χ4v) is 1.75. The van der Waals surface area contributed by atoms with E-state index in [0.717, 1.165) is 22.6 Å². The van der Waals surface area contributed by atoms with Gasteiger partial charge >= 0.3 is 0 Å². The van der Waals surface area contributed by atoms with Crippen LogP contribution < -0.4 is 4.74 Å². The van der Waals surface area contributed by atoms with Crippen molar-refractivity contribution in [1.82, 2.24) is 9.97 Å². The zero-order valence-electron chi connectivity index (χ0n) is 9.07. The van der Waals surface area contributed by atoms with Crippen LogP contribution in [0.15, 0.2) is 30.5 Å². The molecular weight excluding hydrogens is 224 g/mol. The zero-order valence-corrected chi connectivity index (χ0v) is 9.82. The number of hydrogen-bond acceptors (Lipinski definition) is 3. The smallest absolute Gasteiger partial charge is 0.222 e. The molecule has 16 heavy (non-hydrogen) atoms. The molecule has 0 saturated carbocycles. The number of rotatable bonds is 2. The van der Waals surface area contributed by atoms with E-state index < -0.39 is 0 Å². The number of halogens is 1. The van der Waals surface area contributed by atoms with Crippen molar-refractivity contribution >= 4 is 11.6 Å². The molecule has 1 heterocycles. The third kappa shape index (κ3) is 1.99. The highest BCUT2D eigenvalue weighted by molar-refractivity contribution is 6.28. The molecule has 0 fully saturated rings. The molecule has 0 amide bonds. The first-order valence-electron chi connectivity index (χ1n) is 4.85. The number of hydrogen-bond donors (Lipinski definition) is 0. The van der Waals surface area contributed by atoms with E-state index in [1.165, 1.54) is 0 Å². The molecule has 0 unspecified atom stereocenters. The first-order valence-corrected chi connectivity index (χ1v) is 5.22. The molecule has 2 rings (SSSR count). The summed E-state index contributed by atoms with van der Waals surface area (Å²) in [6.45, 7) is 1.90. The molecule has 0 aliphatic carbocycles. The van der Waals surface area contributed by atoms with Crippen molar-refractivity contribution in [2.24, 2.45) is 0 Å². The van der Waals surface area contributed by atoms with Gasteiger partial charge in [-0.15, -0.1) is 0 Å². The summed E-state index contributed by atoms with van der Waals surface area (Å²) in [5, 5.41) is 0.260. The predicted molar refractivity (Wildman–Crippen MR) is 63.8 cm³/mol. The second-order valence-electron chi connectivity index (χ2n) is 3.34. The van der Waals surface area contributed by atoms with Crippen LogP contribution in [-0.4, -0.2) is 17.1 Å². The predicted octanol–water partition coefficient (Wildman–Crippen LogP) is 3.11. The van der Waals surface area contributed by atoms with E-state index in [1.807, 2.05) is 31.2 Å². The van der Waals surface area contributed by atoms with Crippen molar-refractivity contribution in [2.75, 3.05) is 7.11 Å². The normalized spacial score (nSPS) is 10.2. The van der Waals surface area contributed by atoms with Crippen LogP contribution in [0.5, 0.6) is 5.75 Å². The molecule has 3 nitrogen and oxygen atoms in total. The quantitative estimate of drug-likeness (QED) is 0.749. The summed E-state index contributed by atoms with van der Waals surface area (Å²) < 4.78 is 5.30. The number of nitrogens with zero attached hydrogens (tertiary/aromatic N) is 2. The van der Waals surface area contributed by atoms with E-state index in [0.29, 0.717) is 0 Å². The average molecular weight is 235 g/mol. The Labute approximate surface area is 99.1 Å². The number of para-hydroxylation sites is 1. The summed E-state index contributed by atoms with van der Waals surface area (Å²) in [4.78, 5) is 8.11. The van der Waals surface area contributed by atoms with Crippen molar-refractivity contribution in [2.45, 2.75) is 6.92 Å². The van der Waals surface area contributed by atoms with Crippen LogP contribution in [0.1, 0.15) is 5.69 Å². The molecule has 82 valence electrons. The lowest BCUT2D eigenvalue weighted by Crippen LogP contribution is -1.93. The largest absolute Gasteiger partial charge is 0.496 e. The zero-order chi connectivity index (χ0) is 11.5. The van der Waals surface area contributed by atoms with Crippen LogP contribution >= 0.6 is 11.6 Å². The Hall–Kier alpha value is -1.61. The molecule has 0 spiro atoms. The molecule has 0 aliphatic heterocycles. The number of ether oxygens (including phenoxy) is 1. The highest BCUT2D eigenvalue weighted by Gasteiger charge is 2.09. The molecule has 2 aromatic rings. The molecule has 1 aromatic carbocycles. The molecule has 0 saturated heterocycles. The minimum Gasteiger partial charge on any atom is -0.496 e. The van der Waals surface area contributed by atoms with E-state index >= 15 is 0 Å². The van der Waals surface area contributed by atoms with Gasteiger partial charge in [0.1, 0.15) is 5.75 Å². The summed E-state index contributed by atoms with van der Waals surface area (Å²) in [6.07, 6.45) is 1.71. The first kappa shape index (κ1) is 10.9. The number of aromatic nitrogens is 2. The monoisotopic (exact) mass is 234 g/mol. The second kappa shape index (κ2) is 4.49. The Morgan fingerprint density at radius 2 is 1.94 bits per heavy atom. The minimum atomic E-state index is 0.260. The van der Waals surface area contributed by atoms with Gasteiger partial charge in [-0.25, -0.2) is 9.97 Å². The molecule has 0 N–H and O–H groups in total. The van der Waals surface area contributed by atoms with Crippen LogP contribution in [0.25, 0.3) is 11.1 Å². The van der Waals surface area contributed by atoms with Gasteiger partial charge in [0, 0.05) is 17.3 Å². The molecule has 0 radical (unpaired) electrons. The standard InChI is InChI=1S/C12H11ClN2O/c1-8-10(7-14-12(13)15-8)9-5-3-4-6-11(9)16-2/h3-7H,1-2H3. The highest BCUT2D eigenvalue weighted by Crippen LogP contribution is 2.30. The first-order chi connectivity index (χ1) is 7.72. The van der Waals surface area contributed by atoms with E-state index in [4.69, 9.17) is 16.3 Å². The van der Waals surface area contributed by atoms with E-state index in [1.54, 1.807) is 13.3 Å². The summed E-state index contributed by atoms with van der Waals surface area (Å²) in [5.74, 6) is 0.802. The van der Waals surface area contributed by atoms with Crippen molar-refractivity contribution in [3.63, 3.8) is 0 Å². The van der Waals surface area contributed by atoms with Gasteiger partial charge in [0.2, 0.25) is 5.28 Å². The Morgan fingerprint density at radius 3 is 2.62 bits per heavy atom. The number of benzene rings is 1. The maximum Gasteiger partial charge on any atom is 0.222 e. The SMILES string of the molecule is COc1ccccc1-c1cnc(Cl)nc1C. The highest BCUT2D eigenvalue weighted by atomic mass is 35.5. The third-order valence-corrected chi connectivity index (χ3v) is 2.53. The molecular formula is C12H11ClN2O. The Kier molecular flexibility index (Phi) is 3.06. The Bertz CT molecular complexity index is 514. The van der Waals surface area contributed by atoms with Crippen molar-refractivity contribution in [1.29, 1.82) is 0 Å². The van der Waals surface area contributed by atoms with Crippen molar-refractivity contribution in [3.05, 3.63) is 41.4 Å². The maximum absolute atomic E-state index is 5.72. The van der Waals surface area contributed by atoms with E-state index in [-0.39, 0.29) is 5.28 Å². The number of methoxy groups -OCH3 is 1. The molecule has 0 aliphatic rings. The maximum atomic E-state index is 5.72. The summed E-state index contributed by atoms with van der Waals surface area (Å²) in [7, 11) is 1.64. The lowest BCUT2D eigenvalue weighted by Gasteiger charge is -2.09. The molecule has 0 atom stereocenters. The van der Waals surface area contributed by atoms with Gasteiger partial charge < -0.3 is 4.74 Å². The van der Waals surface area contributed by atoms with Crippen LogP contribution in [0.2, 0.25) is 5.28 Å². The van der Waals surface area contributed by atoms with Gasteiger partial charge in [0.05, 0.1) is 12.8 Å². The van der Waals surface area contributed by atoms with Crippen LogP contribution in [0.3, 0.4) is 0 Å². The van der Waals surface area contributed by atoms with E-state index in [9.17, 15) is 0 Å². The lowest BCUT2D eigenvalue weighted by atomic mass is 10.1. The Balaban J connectivity index is 2.58. The molecule has 1 aromatic heterocycles. The Morgan fingerprint density at radius 1 is 1.19 bits per heavy atom. The van der Waals surface area contributed by atoms with Gasteiger partial charge in [-0.1, -0.05) is 18.2 Å². The van der Waals surface area contributed by atoms with E-state index in [2.05, 4.69) is 9.97 Å². The van der Waals surface area contributed by atoms with Gasteiger partial charge in [0.25, 0.3) is 0 Å². The second-order valence-corrected chi connectivity index (χ2v) is 3.68. The summed E-state index contributed by atoms with van der Waals surface area (Å²) in [6, 6.07) is 7.75. The van der Waals surface area contributed by atoms with Crippen molar-refractivity contribution < 1.29 is 4.74 Å². The molecule has 0 bridgehead atoms. The topological polar surface area (TPSA) is 35.0 Å². The number of aryl methyl sites for hydroxylation is 1. The van der Waals surface area contributed by atoms with Crippen molar-refractivity contribution in [3.8, 4) is 16.9 Å². The lowest BCUT2D eigenvalue weighted by molar-refractivity contribution is 0.416. The van der Waals surface area contributed by atoms with Crippen LogP contribution in [-0.2, 0) is 0 Å². The fourth-order valence-electron chi connectivity index (χ4n) is 1.57.